The summed E-state index contributed by atoms with van der Waals surface area (Å²) in [5.74, 6) is 3.52. The van der Waals surface area contributed by atoms with Gasteiger partial charge in [0.15, 0.2) is 0 Å². The van der Waals surface area contributed by atoms with Crippen LogP contribution in [-0.4, -0.2) is 75.2 Å². The first-order valence-electron chi connectivity index (χ1n) is 19.8. The zero-order chi connectivity index (χ0) is 34.2. The maximum absolute atomic E-state index is 11.8. The second kappa shape index (κ2) is 17.8. The Balaban J connectivity index is 1.23. The second-order valence-corrected chi connectivity index (χ2v) is 19.0. The van der Waals surface area contributed by atoms with Gasteiger partial charge in [-0.1, -0.05) is 41.0 Å². The van der Waals surface area contributed by atoms with Crippen molar-refractivity contribution < 1.29 is 18.1 Å². The van der Waals surface area contributed by atoms with Crippen LogP contribution >= 0.6 is 0 Å². The molecule has 4 rings (SSSR count). The van der Waals surface area contributed by atoms with Crippen molar-refractivity contribution >= 4 is 10.1 Å². The Morgan fingerprint density at radius 1 is 0.809 bits per heavy atom. The molecule has 0 heterocycles. The number of hydrogen-bond acceptors (Lipinski definition) is 7. The third-order valence-electron chi connectivity index (χ3n) is 14.3. The second-order valence-electron chi connectivity index (χ2n) is 17.5. The summed E-state index contributed by atoms with van der Waals surface area (Å²) in [6.07, 6.45) is 16.0. The van der Waals surface area contributed by atoms with Gasteiger partial charge in [-0.15, -0.1) is 0 Å². The van der Waals surface area contributed by atoms with E-state index in [9.17, 15) is 18.1 Å². The predicted molar refractivity (Wildman–Crippen MR) is 195 cm³/mol. The lowest BCUT2D eigenvalue weighted by molar-refractivity contribution is -0.167. The molecule has 0 aromatic rings. The smallest absolute Gasteiger partial charge is 0.265 e. The summed E-state index contributed by atoms with van der Waals surface area (Å²) < 4.78 is 32.8. The number of nitrogens with one attached hydrogen (secondary N) is 3. The van der Waals surface area contributed by atoms with Crippen LogP contribution < -0.4 is 21.7 Å². The topological polar surface area (TPSA) is 137 Å². The molecular weight excluding hydrogens is 609 g/mol. The molecule has 4 aliphatic carbocycles. The van der Waals surface area contributed by atoms with E-state index in [0.717, 1.165) is 65.0 Å². The van der Waals surface area contributed by atoms with Gasteiger partial charge in [-0.25, -0.2) is 0 Å². The van der Waals surface area contributed by atoms with Crippen LogP contribution in [0.25, 0.3) is 0 Å². The maximum Gasteiger partial charge on any atom is 0.265 e. The molecule has 11 atom stereocenters. The first-order valence-corrected chi connectivity index (χ1v) is 21.4. The molecule has 0 amide bonds. The molecule has 0 saturated heterocycles. The van der Waals surface area contributed by atoms with E-state index in [0.29, 0.717) is 47.0 Å². The van der Waals surface area contributed by atoms with E-state index in [1.54, 1.807) is 0 Å². The summed E-state index contributed by atoms with van der Waals surface area (Å²) in [4.78, 5) is 0. The number of nitrogens with two attached hydrogens (primary N) is 1. The van der Waals surface area contributed by atoms with Crippen LogP contribution in [0.1, 0.15) is 125 Å². The SMILES string of the molecule is CC(C)[C@@H](CC[C@@H](C)[C@H]1CC[C@H]2[C@@H]3[C@H](O)C[C@H]4C[C@@H](NCCCNCCCCNCCCN)CC[C@]4(C)[C@H]3CC[C@]12C)CS(=O)(=O)O. The molecule has 0 unspecified atom stereocenters. The Morgan fingerprint density at radius 2 is 1.45 bits per heavy atom. The van der Waals surface area contributed by atoms with Crippen molar-refractivity contribution in [2.24, 2.45) is 63.9 Å². The minimum atomic E-state index is -3.96. The van der Waals surface area contributed by atoms with Gasteiger partial charge in [-0.2, -0.15) is 8.42 Å². The molecule has 9 heteroatoms. The molecular formula is C38H74N4O4S. The van der Waals surface area contributed by atoms with Gasteiger partial charge in [-0.05, 0) is 181 Å². The van der Waals surface area contributed by atoms with Gasteiger partial charge >= 0.3 is 0 Å². The summed E-state index contributed by atoms with van der Waals surface area (Å²) in [6, 6.07) is 0.581. The van der Waals surface area contributed by atoms with Crippen LogP contribution in [-0.2, 0) is 10.1 Å². The monoisotopic (exact) mass is 683 g/mol. The van der Waals surface area contributed by atoms with Crippen molar-refractivity contribution in [3.05, 3.63) is 0 Å². The predicted octanol–water partition coefficient (Wildman–Crippen LogP) is 5.85. The van der Waals surface area contributed by atoms with Gasteiger partial charge in [0.1, 0.15) is 0 Å². The number of rotatable bonds is 20. The van der Waals surface area contributed by atoms with Gasteiger partial charge in [0.25, 0.3) is 10.1 Å². The van der Waals surface area contributed by atoms with Crippen molar-refractivity contribution in [1.29, 1.82) is 0 Å². The van der Waals surface area contributed by atoms with E-state index < -0.39 is 10.1 Å². The van der Waals surface area contributed by atoms with Gasteiger partial charge in [-0.3, -0.25) is 4.55 Å². The fraction of sp³-hybridized carbons (Fsp3) is 1.00. The summed E-state index contributed by atoms with van der Waals surface area (Å²) in [5.41, 5.74) is 6.14. The number of hydrogen-bond donors (Lipinski definition) is 6. The Bertz CT molecular complexity index is 1040. The highest BCUT2D eigenvalue weighted by molar-refractivity contribution is 7.85. The quantitative estimate of drug-likeness (QED) is 0.0696. The lowest BCUT2D eigenvalue weighted by atomic mass is 9.43. The first-order chi connectivity index (χ1) is 22.3. The molecule has 4 saturated carbocycles. The molecule has 0 spiro atoms. The summed E-state index contributed by atoms with van der Waals surface area (Å²) in [7, 11) is -3.96. The van der Waals surface area contributed by atoms with E-state index in [-0.39, 0.29) is 29.1 Å². The summed E-state index contributed by atoms with van der Waals surface area (Å²) >= 11 is 0. The van der Waals surface area contributed by atoms with E-state index in [1.807, 2.05) is 0 Å². The van der Waals surface area contributed by atoms with Gasteiger partial charge in [0, 0.05) is 6.04 Å². The van der Waals surface area contributed by atoms with Crippen LogP contribution in [0.3, 0.4) is 0 Å². The third-order valence-corrected chi connectivity index (χ3v) is 15.1. The first kappa shape index (κ1) is 39.5. The highest BCUT2D eigenvalue weighted by Gasteiger charge is 2.62. The molecule has 0 bridgehead atoms. The maximum atomic E-state index is 11.8. The normalized spacial score (nSPS) is 36.9. The third kappa shape index (κ3) is 10.2. The fourth-order valence-corrected chi connectivity index (χ4v) is 12.5. The molecule has 0 aromatic carbocycles. The zero-order valence-corrected chi connectivity index (χ0v) is 31.6. The van der Waals surface area contributed by atoms with E-state index in [1.165, 1.54) is 64.2 Å². The van der Waals surface area contributed by atoms with E-state index in [2.05, 4.69) is 50.6 Å². The fourth-order valence-electron chi connectivity index (χ4n) is 11.4. The highest BCUT2D eigenvalue weighted by Crippen LogP contribution is 2.68. The van der Waals surface area contributed by atoms with Crippen LogP contribution in [0, 0.1) is 58.2 Å². The molecule has 4 fully saturated rings. The zero-order valence-electron chi connectivity index (χ0n) is 30.8. The molecule has 47 heavy (non-hydrogen) atoms. The summed E-state index contributed by atoms with van der Waals surface area (Å²) in [5, 5.41) is 22.8. The lowest BCUT2D eigenvalue weighted by Crippen LogP contribution is -2.59. The Labute approximate surface area is 289 Å². The van der Waals surface area contributed by atoms with Crippen LogP contribution in [0.4, 0.5) is 0 Å². The Morgan fingerprint density at radius 3 is 2.11 bits per heavy atom. The van der Waals surface area contributed by atoms with Gasteiger partial charge in [0.05, 0.1) is 11.9 Å². The average molecular weight is 683 g/mol. The summed E-state index contributed by atoms with van der Waals surface area (Å²) in [6.45, 7) is 17.8. The van der Waals surface area contributed by atoms with Gasteiger partial charge in [0.2, 0.25) is 0 Å². The Hall–Kier alpha value is -0.290. The van der Waals surface area contributed by atoms with E-state index >= 15 is 0 Å². The molecule has 8 nitrogen and oxygen atoms in total. The minimum Gasteiger partial charge on any atom is -0.393 e. The molecule has 4 aliphatic rings. The number of fused-ring (bicyclic) bond motifs is 5. The highest BCUT2D eigenvalue weighted by atomic mass is 32.2. The molecule has 276 valence electrons. The van der Waals surface area contributed by atoms with E-state index in [4.69, 9.17) is 5.73 Å². The minimum absolute atomic E-state index is 0.00115. The van der Waals surface area contributed by atoms with Crippen molar-refractivity contribution in [2.75, 3.05) is 45.0 Å². The standard InChI is InChI=1S/C38H74N4O4S/c1-27(2)29(26-47(44,45)46)11-10-28(3)32-12-13-33-36-34(15-17-38(32,33)5)37(4)16-14-31(24-30(37)25-35(36)43)42-23-9-22-41-20-7-6-19-40-21-8-18-39/h27-36,40-43H,6-26,39H2,1-5H3,(H,44,45,46)/t28-,29+,30-,31+,32-,33+,34+,35-,36+,37+,38-/m1/s1. The largest absolute Gasteiger partial charge is 0.393 e. The number of unbranched alkanes of at least 4 members (excludes halogenated alkanes) is 1. The van der Waals surface area contributed by atoms with Crippen molar-refractivity contribution in [3.8, 4) is 0 Å². The lowest BCUT2D eigenvalue weighted by Gasteiger charge is -2.62. The Kier molecular flexibility index (Phi) is 14.9. The van der Waals surface area contributed by atoms with Crippen molar-refractivity contribution in [1.82, 2.24) is 16.0 Å². The van der Waals surface area contributed by atoms with Crippen molar-refractivity contribution in [2.45, 2.75) is 137 Å². The number of aliphatic hydroxyl groups excluding tert-OH is 1. The van der Waals surface area contributed by atoms with Gasteiger partial charge < -0.3 is 26.8 Å². The van der Waals surface area contributed by atoms with Crippen LogP contribution in [0.5, 0.6) is 0 Å². The molecule has 0 aliphatic heterocycles. The number of aliphatic hydroxyl groups is 1. The molecule has 0 radical (unpaired) electrons. The molecule has 0 aromatic heterocycles. The molecule has 7 N–H and O–H groups in total. The van der Waals surface area contributed by atoms with Crippen LogP contribution in [0.15, 0.2) is 0 Å². The van der Waals surface area contributed by atoms with Crippen LogP contribution in [0.2, 0.25) is 0 Å². The van der Waals surface area contributed by atoms with Crippen molar-refractivity contribution in [3.63, 3.8) is 0 Å². The average Bonchev–Trinajstić information content (AvgIpc) is 3.36.